The first-order valence-corrected chi connectivity index (χ1v) is 12.5. The van der Waals surface area contributed by atoms with Crippen molar-refractivity contribution in [2.75, 3.05) is 48.4 Å². The molecule has 5 rings (SSSR count). The van der Waals surface area contributed by atoms with Gasteiger partial charge in [-0.1, -0.05) is 28.1 Å². The van der Waals surface area contributed by atoms with Crippen molar-refractivity contribution >= 4 is 49.2 Å². The summed E-state index contributed by atoms with van der Waals surface area (Å²) in [5.74, 6) is 1.19. The minimum absolute atomic E-state index is 0.167. The zero-order valence-corrected chi connectivity index (χ0v) is 19.5. The zero-order chi connectivity index (χ0) is 21.2. The first kappa shape index (κ1) is 20.9. The number of para-hydroxylation sites is 1. The zero-order valence-electron chi connectivity index (χ0n) is 17.1. The summed E-state index contributed by atoms with van der Waals surface area (Å²) in [5.41, 5.74) is 1.24. The third-order valence-electron chi connectivity index (χ3n) is 5.77. The summed E-state index contributed by atoms with van der Waals surface area (Å²) in [5, 5.41) is 8.74. The molecule has 0 unspecified atom stereocenters. The van der Waals surface area contributed by atoms with Gasteiger partial charge in [-0.05, 0) is 25.0 Å². The van der Waals surface area contributed by atoms with E-state index in [0.29, 0.717) is 54.7 Å². The molecule has 8 nitrogen and oxygen atoms in total. The van der Waals surface area contributed by atoms with Crippen LogP contribution in [0.5, 0.6) is 0 Å². The molecule has 2 atom stereocenters. The molecule has 0 radical (unpaired) electrons. The summed E-state index contributed by atoms with van der Waals surface area (Å²) in [7, 11) is 0. The van der Waals surface area contributed by atoms with Crippen LogP contribution < -0.4 is 21.1 Å². The van der Waals surface area contributed by atoms with Crippen LogP contribution in [0.25, 0.3) is 20.8 Å². The van der Waals surface area contributed by atoms with Gasteiger partial charge in [-0.15, -0.1) is 11.3 Å². The Bertz CT molecular complexity index is 1070. The molecule has 0 saturated carbocycles. The van der Waals surface area contributed by atoms with Gasteiger partial charge in [0.25, 0.3) is 5.56 Å². The van der Waals surface area contributed by atoms with Crippen molar-refractivity contribution in [1.82, 2.24) is 20.3 Å². The number of nitrogens with zero attached hydrogens (tertiary/aromatic N) is 3. The van der Waals surface area contributed by atoms with Gasteiger partial charge in [-0.25, -0.2) is 4.98 Å². The number of aromatic amines is 1. The Hall–Kier alpha value is -2.01. The number of hydrogen-bond donors (Lipinski definition) is 3. The van der Waals surface area contributed by atoms with Crippen LogP contribution in [0.1, 0.15) is 12.8 Å². The fraction of sp³-hybridized carbons (Fsp3) is 0.476. The average Bonchev–Trinajstić information content (AvgIpc) is 3.23. The maximum atomic E-state index is 13.3. The molecule has 2 aromatic heterocycles. The van der Waals surface area contributed by atoms with E-state index in [1.807, 2.05) is 24.3 Å². The van der Waals surface area contributed by atoms with Crippen molar-refractivity contribution in [1.29, 1.82) is 0 Å². The third-order valence-corrected chi connectivity index (χ3v) is 7.60. The number of H-pyrrole nitrogens is 1. The van der Waals surface area contributed by atoms with Gasteiger partial charge in [0.2, 0.25) is 5.95 Å². The fourth-order valence-corrected chi connectivity index (χ4v) is 5.59. The molecule has 164 valence electrons. The number of piperidine rings is 1. The van der Waals surface area contributed by atoms with E-state index >= 15 is 0 Å². The largest absolute Gasteiger partial charge is 0.378 e. The number of alkyl halides is 1. The molecule has 2 saturated heterocycles. The standard InChI is InChI=1S/C21H25BrN6O2S/c22-11-13-5-6-14(12-23-13)24-18-17(20-25-15-3-1-2-4-16(15)31-20)19(29)27-21(26-18)28-7-9-30-10-8-28/h1-4,13-14,23H,5-12H2,(H2,24,26,27,29)/t13-,14+/m0/s1. The summed E-state index contributed by atoms with van der Waals surface area (Å²) in [6, 6.07) is 8.63. The molecular formula is C21H25BrN6O2S. The number of morpholine rings is 1. The molecule has 0 bridgehead atoms. The van der Waals surface area contributed by atoms with E-state index in [1.54, 1.807) is 0 Å². The molecule has 4 heterocycles. The number of benzene rings is 1. The fourth-order valence-electron chi connectivity index (χ4n) is 4.03. The van der Waals surface area contributed by atoms with Gasteiger partial charge >= 0.3 is 0 Å². The highest BCUT2D eigenvalue weighted by Crippen LogP contribution is 2.32. The summed E-state index contributed by atoms with van der Waals surface area (Å²) < 4.78 is 6.51. The maximum absolute atomic E-state index is 13.3. The van der Waals surface area contributed by atoms with E-state index in [2.05, 4.69) is 36.4 Å². The van der Waals surface area contributed by atoms with Gasteiger partial charge in [0, 0.05) is 37.0 Å². The van der Waals surface area contributed by atoms with Crippen LogP contribution in [0.2, 0.25) is 0 Å². The summed E-state index contributed by atoms with van der Waals surface area (Å²) in [6.45, 7) is 3.51. The number of anilines is 2. The number of rotatable bonds is 5. The Kier molecular flexibility index (Phi) is 6.22. The normalized spacial score (nSPS) is 22.0. The monoisotopic (exact) mass is 504 g/mol. The highest BCUT2D eigenvalue weighted by atomic mass is 79.9. The molecule has 3 aromatic rings. The lowest BCUT2D eigenvalue weighted by molar-refractivity contribution is 0.122. The van der Waals surface area contributed by atoms with Crippen LogP contribution in [0.4, 0.5) is 11.8 Å². The Morgan fingerprint density at radius 1 is 1.23 bits per heavy atom. The van der Waals surface area contributed by atoms with E-state index in [-0.39, 0.29) is 11.6 Å². The van der Waals surface area contributed by atoms with Gasteiger partial charge in [-0.2, -0.15) is 4.98 Å². The van der Waals surface area contributed by atoms with Gasteiger partial charge in [0.15, 0.2) is 0 Å². The SMILES string of the molecule is O=c1[nH]c(N2CCOCC2)nc(N[C@@H]2CC[C@@H](CBr)NC2)c1-c1nc2ccccc2s1. The van der Waals surface area contributed by atoms with E-state index in [0.717, 1.165) is 34.9 Å². The van der Waals surface area contributed by atoms with Crippen molar-refractivity contribution in [3.05, 3.63) is 34.6 Å². The van der Waals surface area contributed by atoms with Crippen LogP contribution in [0.3, 0.4) is 0 Å². The summed E-state index contributed by atoms with van der Waals surface area (Å²) in [6.07, 6.45) is 2.09. The molecule has 1 aromatic carbocycles. The van der Waals surface area contributed by atoms with E-state index in [4.69, 9.17) is 14.7 Å². The van der Waals surface area contributed by atoms with Crippen LogP contribution in [0, 0.1) is 0 Å². The van der Waals surface area contributed by atoms with Crippen LogP contribution in [0.15, 0.2) is 29.1 Å². The second-order valence-electron chi connectivity index (χ2n) is 7.88. The van der Waals surface area contributed by atoms with Crippen LogP contribution in [-0.4, -0.2) is 65.2 Å². The Labute approximate surface area is 192 Å². The molecular weight excluding hydrogens is 480 g/mol. The lowest BCUT2D eigenvalue weighted by Gasteiger charge is -2.31. The number of aromatic nitrogens is 3. The van der Waals surface area contributed by atoms with E-state index in [9.17, 15) is 4.79 Å². The Morgan fingerprint density at radius 3 is 2.81 bits per heavy atom. The number of ether oxygens (including phenoxy) is 1. The molecule has 0 spiro atoms. The lowest BCUT2D eigenvalue weighted by atomic mass is 10.0. The minimum Gasteiger partial charge on any atom is -0.378 e. The van der Waals surface area contributed by atoms with Crippen LogP contribution in [-0.2, 0) is 4.74 Å². The number of hydrogen-bond acceptors (Lipinski definition) is 8. The molecule has 10 heteroatoms. The molecule has 3 N–H and O–H groups in total. The van der Waals surface area contributed by atoms with Crippen molar-refractivity contribution in [2.45, 2.75) is 24.9 Å². The number of nitrogens with one attached hydrogen (secondary N) is 3. The van der Waals surface area contributed by atoms with Gasteiger partial charge < -0.3 is 20.3 Å². The quantitative estimate of drug-likeness (QED) is 0.459. The summed E-state index contributed by atoms with van der Waals surface area (Å²) in [4.78, 5) is 27.9. The number of halogens is 1. The second-order valence-corrected chi connectivity index (χ2v) is 9.56. The van der Waals surface area contributed by atoms with Crippen molar-refractivity contribution in [2.24, 2.45) is 0 Å². The molecule has 0 aliphatic carbocycles. The predicted molar refractivity (Wildman–Crippen MR) is 129 cm³/mol. The molecule has 2 aliphatic rings. The van der Waals surface area contributed by atoms with Gasteiger partial charge in [-0.3, -0.25) is 9.78 Å². The number of fused-ring (bicyclic) bond motifs is 1. The third kappa shape index (κ3) is 4.48. The first-order valence-electron chi connectivity index (χ1n) is 10.6. The topological polar surface area (TPSA) is 95.2 Å². The second kappa shape index (κ2) is 9.23. The average molecular weight is 505 g/mol. The lowest BCUT2D eigenvalue weighted by Crippen LogP contribution is -2.46. The van der Waals surface area contributed by atoms with Crippen molar-refractivity contribution < 1.29 is 4.74 Å². The predicted octanol–water partition coefficient (Wildman–Crippen LogP) is 2.81. The Morgan fingerprint density at radius 2 is 2.06 bits per heavy atom. The molecule has 31 heavy (non-hydrogen) atoms. The minimum atomic E-state index is -0.167. The summed E-state index contributed by atoms with van der Waals surface area (Å²) >= 11 is 5.08. The first-order chi connectivity index (χ1) is 15.2. The van der Waals surface area contributed by atoms with Crippen molar-refractivity contribution in [3.63, 3.8) is 0 Å². The smallest absolute Gasteiger partial charge is 0.264 e. The molecule has 2 aliphatic heterocycles. The highest BCUT2D eigenvalue weighted by molar-refractivity contribution is 9.09. The Balaban J connectivity index is 1.53. The van der Waals surface area contributed by atoms with Crippen LogP contribution >= 0.6 is 27.3 Å². The number of thiazole rings is 1. The van der Waals surface area contributed by atoms with Crippen molar-refractivity contribution in [3.8, 4) is 10.6 Å². The van der Waals surface area contributed by atoms with Gasteiger partial charge in [0.1, 0.15) is 16.4 Å². The van der Waals surface area contributed by atoms with Gasteiger partial charge in [0.05, 0.1) is 23.4 Å². The molecule has 0 amide bonds. The van der Waals surface area contributed by atoms with E-state index in [1.165, 1.54) is 11.3 Å². The molecule has 2 fully saturated rings. The van der Waals surface area contributed by atoms with E-state index < -0.39 is 0 Å². The maximum Gasteiger partial charge on any atom is 0.264 e. The highest BCUT2D eigenvalue weighted by Gasteiger charge is 2.25.